The van der Waals surface area contributed by atoms with Crippen molar-refractivity contribution < 1.29 is 13.2 Å². The first kappa shape index (κ1) is 19.1. The summed E-state index contributed by atoms with van der Waals surface area (Å²) >= 11 is 0. The Labute approximate surface area is 160 Å². The van der Waals surface area contributed by atoms with Gasteiger partial charge in [0.2, 0.25) is 9.84 Å². The van der Waals surface area contributed by atoms with Gasteiger partial charge in [0.1, 0.15) is 5.75 Å². The van der Waals surface area contributed by atoms with Crippen molar-refractivity contribution in [1.82, 2.24) is 5.32 Å². The molecule has 0 radical (unpaired) electrons. The van der Waals surface area contributed by atoms with E-state index >= 15 is 0 Å². The SMILES string of the molecule is COc1ccc(S(=O)(=O)c2cccc(CCNCc3ccccc3)c2)cc1. The van der Waals surface area contributed by atoms with Crippen LogP contribution in [0.25, 0.3) is 0 Å². The largest absolute Gasteiger partial charge is 0.497 e. The average molecular weight is 381 g/mol. The molecule has 0 amide bonds. The van der Waals surface area contributed by atoms with Crippen molar-refractivity contribution in [3.8, 4) is 5.75 Å². The van der Waals surface area contributed by atoms with E-state index in [1.54, 1.807) is 49.6 Å². The Kier molecular flexibility index (Phi) is 6.27. The molecule has 4 nitrogen and oxygen atoms in total. The first-order valence-corrected chi connectivity index (χ1v) is 10.3. The van der Waals surface area contributed by atoms with Crippen molar-refractivity contribution in [3.05, 3.63) is 90.0 Å². The Balaban J connectivity index is 1.65. The second kappa shape index (κ2) is 8.84. The smallest absolute Gasteiger partial charge is 0.206 e. The number of sulfone groups is 1. The van der Waals surface area contributed by atoms with Crippen molar-refractivity contribution in [2.24, 2.45) is 0 Å². The molecule has 0 aromatic heterocycles. The lowest BCUT2D eigenvalue weighted by Gasteiger charge is -2.09. The van der Waals surface area contributed by atoms with Gasteiger partial charge < -0.3 is 10.1 Å². The van der Waals surface area contributed by atoms with E-state index in [4.69, 9.17) is 4.74 Å². The maximum Gasteiger partial charge on any atom is 0.206 e. The standard InChI is InChI=1S/C22H23NO3S/c1-26-20-10-12-21(13-11-20)27(24,25)22-9-5-8-18(16-22)14-15-23-17-19-6-3-2-4-7-19/h2-13,16,23H,14-15,17H2,1H3. The Hall–Kier alpha value is -2.63. The highest BCUT2D eigenvalue weighted by molar-refractivity contribution is 7.91. The number of nitrogens with one attached hydrogen (secondary N) is 1. The zero-order valence-corrected chi connectivity index (χ0v) is 16.1. The minimum atomic E-state index is -3.54. The van der Waals surface area contributed by atoms with Crippen LogP contribution in [0.2, 0.25) is 0 Å². The molecule has 3 rings (SSSR count). The molecule has 0 fully saturated rings. The topological polar surface area (TPSA) is 55.4 Å². The number of benzene rings is 3. The van der Waals surface area contributed by atoms with E-state index < -0.39 is 9.84 Å². The van der Waals surface area contributed by atoms with Crippen LogP contribution in [0.1, 0.15) is 11.1 Å². The Bertz CT molecular complexity index is 968. The van der Waals surface area contributed by atoms with Gasteiger partial charge in [0, 0.05) is 6.54 Å². The Morgan fingerprint density at radius 3 is 2.22 bits per heavy atom. The molecule has 140 valence electrons. The van der Waals surface area contributed by atoms with Crippen LogP contribution in [0.15, 0.2) is 88.7 Å². The summed E-state index contributed by atoms with van der Waals surface area (Å²) in [6.07, 6.45) is 0.763. The predicted octanol–water partition coefficient (Wildman–Crippen LogP) is 3.86. The first-order chi connectivity index (χ1) is 13.1. The van der Waals surface area contributed by atoms with Gasteiger partial charge in [-0.05, 0) is 60.5 Å². The normalized spacial score (nSPS) is 11.3. The van der Waals surface area contributed by atoms with Gasteiger partial charge in [0.25, 0.3) is 0 Å². The molecule has 27 heavy (non-hydrogen) atoms. The maximum absolute atomic E-state index is 12.8. The molecule has 0 aliphatic heterocycles. The lowest BCUT2D eigenvalue weighted by molar-refractivity contribution is 0.414. The van der Waals surface area contributed by atoms with Crippen LogP contribution < -0.4 is 10.1 Å². The quantitative estimate of drug-likeness (QED) is 0.602. The summed E-state index contributed by atoms with van der Waals surface area (Å²) < 4.78 is 30.8. The predicted molar refractivity (Wildman–Crippen MR) is 107 cm³/mol. The van der Waals surface area contributed by atoms with Crippen LogP contribution in [0.4, 0.5) is 0 Å². The lowest BCUT2D eigenvalue weighted by Crippen LogP contribution is -2.16. The fraction of sp³-hybridized carbons (Fsp3) is 0.182. The van der Waals surface area contributed by atoms with Crippen LogP contribution in [-0.4, -0.2) is 22.1 Å². The van der Waals surface area contributed by atoms with Crippen molar-refractivity contribution in [3.63, 3.8) is 0 Å². The minimum absolute atomic E-state index is 0.266. The van der Waals surface area contributed by atoms with E-state index in [0.29, 0.717) is 10.6 Å². The zero-order valence-electron chi connectivity index (χ0n) is 15.3. The fourth-order valence-electron chi connectivity index (χ4n) is 2.82. The molecule has 0 aliphatic rings. The number of hydrogen-bond acceptors (Lipinski definition) is 4. The minimum Gasteiger partial charge on any atom is -0.497 e. The van der Waals surface area contributed by atoms with Crippen LogP contribution in [0.3, 0.4) is 0 Å². The van der Waals surface area contributed by atoms with Crippen LogP contribution >= 0.6 is 0 Å². The van der Waals surface area contributed by atoms with E-state index in [2.05, 4.69) is 17.4 Å². The Morgan fingerprint density at radius 1 is 0.815 bits per heavy atom. The third kappa shape index (κ3) is 4.96. The Morgan fingerprint density at radius 2 is 1.52 bits per heavy atom. The molecule has 1 N–H and O–H groups in total. The summed E-state index contributed by atoms with van der Waals surface area (Å²) in [5.41, 5.74) is 2.22. The molecule has 0 heterocycles. The summed E-state index contributed by atoms with van der Waals surface area (Å²) in [4.78, 5) is 0.580. The van der Waals surface area contributed by atoms with E-state index in [0.717, 1.165) is 25.1 Å². The van der Waals surface area contributed by atoms with E-state index in [9.17, 15) is 8.42 Å². The summed E-state index contributed by atoms with van der Waals surface area (Å²) in [6.45, 7) is 1.58. The van der Waals surface area contributed by atoms with Crippen LogP contribution in [0.5, 0.6) is 5.75 Å². The third-order valence-corrected chi connectivity index (χ3v) is 6.11. The maximum atomic E-state index is 12.8. The van der Waals surface area contributed by atoms with Gasteiger partial charge in [0.05, 0.1) is 16.9 Å². The molecule has 0 saturated carbocycles. The van der Waals surface area contributed by atoms with Gasteiger partial charge in [-0.3, -0.25) is 0 Å². The first-order valence-electron chi connectivity index (χ1n) is 8.82. The highest BCUT2D eigenvalue weighted by Crippen LogP contribution is 2.23. The molecule has 0 atom stereocenters. The summed E-state index contributed by atoms with van der Waals surface area (Å²) in [5.74, 6) is 0.632. The van der Waals surface area contributed by atoms with Gasteiger partial charge in [-0.2, -0.15) is 0 Å². The molecule has 0 spiro atoms. The number of ether oxygens (including phenoxy) is 1. The molecular formula is C22H23NO3S. The van der Waals surface area contributed by atoms with Crippen molar-refractivity contribution in [1.29, 1.82) is 0 Å². The van der Waals surface area contributed by atoms with Crippen molar-refractivity contribution in [2.45, 2.75) is 22.8 Å². The third-order valence-electron chi connectivity index (χ3n) is 4.34. The molecule has 3 aromatic rings. The van der Waals surface area contributed by atoms with E-state index in [1.165, 1.54) is 5.56 Å². The van der Waals surface area contributed by atoms with Gasteiger partial charge in [-0.25, -0.2) is 8.42 Å². The molecule has 0 saturated heterocycles. The average Bonchev–Trinajstić information content (AvgIpc) is 2.72. The summed E-state index contributed by atoms with van der Waals surface area (Å²) in [7, 11) is -1.98. The highest BCUT2D eigenvalue weighted by Gasteiger charge is 2.17. The van der Waals surface area contributed by atoms with E-state index in [1.807, 2.05) is 24.3 Å². The number of hydrogen-bond donors (Lipinski definition) is 1. The summed E-state index contributed by atoms with van der Waals surface area (Å²) in [6, 6.07) is 23.8. The second-order valence-corrected chi connectivity index (χ2v) is 8.19. The summed E-state index contributed by atoms with van der Waals surface area (Å²) in [5, 5.41) is 3.39. The van der Waals surface area contributed by atoms with E-state index in [-0.39, 0.29) is 4.90 Å². The highest BCUT2D eigenvalue weighted by atomic mass is 32.2. The molecule has 0 unspecified atom stereocenters. The van der Waals surface area contributed by atoms with Crippen molar-refractivity contribution in [2.75, 3.05) is 13.7 Å². The number of rotatable bonds is 8. The van der Waals surface area contributed by atoms with Crippen LogP contribution in [0, 0.1) is 0 Å². The molecule has 3 aromatic carbocycles. The van der Waals surface area contributed by atoms with Crippen LogP contribution in [-0.2, 0) is 22.8 Å². The molecule has 5 heteroatoms. The molecule has 0 bridgehead atoms. The van der Waals surface area contributed by atoms with Gasteiger partial charge >= 0.3 is 0 Å². The van der Waals surface area contributed by atoms with Crippen molar-refractivity contribution >= 4 is 9.84 Å². The fourth-order valence-corrected chi connectivity index (χ4v) is 4.15. The molecular weight excluding hydrogens is 358 g/mol. The van der Waals surface area contributed by atoms with Gasteiger partial charge in [-0.15, -0.1) is 0 Å². The monoisotopic (exact) mass is 381 g/mol. The number of methoxy groups -OCH3 is 1. The van der Waals surface area contributed by atoms with Gasteiger partial charge in [-0.1, -0.05) is 42.5 Å². The van der Waals surface area contributed by atoms with Gasteiger partial charge in [0.15, 0.2) is 0 Å². The second-order valence-electron chi connectivity index (χ2n) is 6.24. The zero-order chi connectivity index (χ0) is 19.1. The molecule has 0 aliphatic carbocycles. The lowest BCUT2D eigenvalue weighted by atomic mass is 10.1.